The first kappa shape index (κ1) is 14.5. The Morgan fingerprint density at radius 3 is 3.00 bits per heavy atom. The molecule has 1 aliphatic heterocycles. The van der Waals surface area contributed by atoms with Gasteiger partial charge in [-0.25, -0.2) is 0 Å². The minimum atomic E-state index is -0.131. The second-order valence-corrected chi connectivity index (χ2v) is 6.24. The molecule has 23 heavy (non-hydrogen) atoms. The van der Waals surface area contributed by atoms with Crippen molar-refractivity contribution >= 4 is 16.6 Å². The highest BCUT2D eigenvalue weighted by molar-refractivity contribution is 5.96. The summed E-state index contributed by atoms with van der Waals surface area (Å²) in [6, 6.07) is 3.31. The molecule has 4 rings (SSSR count). The number of rotatable bonds is 2. The van der Waals surface area contributed by atoms with Crippen LogP contribution >= 0.6 is 0 Å². The van der Waals surface area contributed by atoms with Crippen molar-refractivity contribution in [3.05, 3.63) is 23.4 Å². The smallest absolute Gasteiger partial charge is 0.159 e. The van der Waals surface area contributed by atoms with Crippen LogP contribution in [0.5, 0.6) is 11.5 Å². The van der Waals surface area contributed by atoms with Gasteiger partial charge in [-0.3, -0.25) is 4.98 Å². The van der Waals surface area contributed by atoms with Crippen LogP contribution in [-0.2, 0) is 17.6 Å². The van der Waals surface area contributed by atoms with E-state index in [4.69, 9.17) is 4.74 Å². The highest BCUT2D eigenvalue weighted by atomic mass is 16.5. The molecule has 6 nitrogen and oxygen atoms in total. The lowest BCUT2D eigenvalue weighted by Gasteiger charge is -2.21. The summed E-state index contributed by atoms with van der Waals surface area (Å²) in [7, 11) is 0. The quantitative estimate of drug-likeness (QED) is 0.629. The molecular weight excluding hydrogens is 294 g/mol. The Morgan fingerprint density at radius 1 is 1.22 bits per heavy atom. The van der Waals surface area contributed by atoms with Gasteiger partial charge >= 0.3 is 0 Å². The number of fused-ring (bicyclic) bond motifs is 2. The third-order valence-corrected chi connectivity index (χ3v) is 4.59. The van der Waals surface area contributed by atoms with Gasteiger partial charge in [-0.1, -0.05) is 0 Å². The Hall–Kier alpha value is -2.05. The number of pyridine rings is 1. The Labute approximate surface area is 134 Å². The highest BCUT2D eigenvalue weighted by Gasteiger charge is 2.23. The normalized spacial score (nSPS) is 21.1. The van der Waals surface area contributed by atoms with E-state index in [0.29, 0.717) is 12.1 Å². The van der Waals surface area contributed by atoms with Gasteiger partial charge in [-0.15, -0.1) is 0 Å². The molecule has 2 aromatic rings. The molecule has 2 heterocycles. The fourth-order valence-electron chi connectivity index (χ4n) is 3.45. The summed E-state index contributed by atoms with van der Waals surface area (Å²) in [5, 5.41) is 27.5. The number of nitrogens with zero attached hydrogens (tertiary/aromatic N) is 1. The van der Waals surface area contributed by atoms with Crippen molar-refractivity contribution in [3.8, 4) is 11.5 Å². The van der Waals surface area contributed by atoms with Crippen LogP contribution in [-0.4, -0.2) is 47.5 Å². The van der Waals surface area contributed by atoms with Crippen LogP contribution in [0.3, 0.4) is 0 Å². The topological polar surface area (TPSA) is 86.6 Å². The van der Waals surface area contributed by atoms with E-state index in [-0.39, 0.29) is 17.5 Å². The van der Waals surface area contributed by atoms with E-state index in [1.165, 1.54) is 11.6 Å². The summed E-state index contributed by atoms with van der Waals surface area (Å²) in [4.78, 5) is 4.67. The highest BCUT2D eigenvalue weighted by Crippen LogP contribution is 2.38. The molecule has 1 fully saturated rings. The maximum Gasteiger partial charge on any atom is 0.159 e. The summed E-state index contributed by atoms with van der Waals surface area (Å²) >= 11 is 0. The Balaban J connectivity index is 1.81. The van der Waals surface area contributed by atoms with Crippen molar-refractivity contribution in [2.45, 2.75) is 25.3 Å². The lowest BCUT2D eigenvalue weighted by Crippen LogP contribution is -2.34. The molecule has 1 aliphatic carbocycles. The van der Waals surface area contributed by atoms with Crippen molar-refractivity contribution in [2.75, 3.05) is 31.6 Å². The SMILES string of the molecule is Oc1cc2nc3c(c(NC4CNCCOC4)c2cc1O)CCC3. The monoisotopic (exact) mass is 315 g/mol. The molecule has 1 aromatic carbocycles. The number of aromatic nitrogens is 1. The van der Waals surface area contributed by atoms with Gasteiger partial charge in [0, 0.05) is 35.9 Å². The minimum absolute atomic E-state index is 0.115. The molecule has 1 atom stereocenters. The van der Waals surface area contributed by atoms with Gasteiger partial charge in [-0.05, 0) is 30.9 Å². The van der Waals surface area contributed by atoms with Crippen LogP contribution in [0.15, 0.2) is 12.1 Å². The van der Waals surface area contributed by atoms with Gasteiger partial charge in [0.1, 0.15) is 0 Å². The van der Waals surface area contributed by atoms with E-state index in [9.17, 15) is 10.2 Å². The first-order valence-electron chi connectivity index (χ1n) is 8.15. The van der Waals surface area contributed by atoms with E-state index >= 15 is 0 Å². The van der Waals surface area contributed by atoms with Crippen molar-refractivity contribution in [1.82, 2.24) is 10.3 Å². The molecule has 0 saturated carbocycles. The van der Waals surface area contributed by atoms with E-state index in [1.54, 1.807) is 6.07 Å². The number of anilines is 1. The fraction of sp³-hybridized carbons (Fsp3) is 0.471. The van der Waals surface area contributed by atoms with Crippen LogP contribution in [0.4, 0.5) is 5.69 Å². The predicted octanol–water partition coefficient (Wildman–Crippen LogP) is 1.53. The van der Waals surface area contributed by atoms with Gasteiger partial charge < -0.3 is 25.6 Å². The Morgan fingerprint density at radius 2 is 2.09 bits per heavy atom. The number of phenolic OH excluding ortho intramolecular Hbond substituents is 2. The Bertz CT molecular complexity index is 740. The van der Waals surface area contributed by atoms with Crippen molar-refractivity contribution < 1.29 is 14.9 Å². The molecule has 0 spiro atoms. The molecule has 2 aliphatic rings. The number of nitrogens with one attached hydrogen (secondary N) is 2. The Kier molecular flexibility index (Phi) is 3.71. The number of aromatic hydroxyl groups is 2. The number of benzene rings is 1. The summed E-state index contributed by atoms with van der Waals surface area (Å²) in [5.74, 6) is -0.246. The number of aryl methyl sites for hydroxylation is 1. The number of ether oxygens (including phenoxy) is 1. The number of hydrogen-bond donors (Lipinski definition) is 4. The third-order valence-electron chi connectivity index (χ3n) is 4.59. The average molecular weight is 315 g/mol. The molecule has 6 heteroatoms. The standard InChI is InChI=1S/C17H21N3O3/c21-15-6-12-14(7-16(15)22)20-13-3-1-2-11(13)17(12)19-10-8-18-4-5-23-9-10/h6-7,10,18,21-22H,1-5,8-9H2,(H,19,20). The molecule has 1 aromatic heterocycles. The predicted molar refractivity (Wildman–Crippen MR) is 88.2 cm³/mol. The molecule has 1 saturated heterocycles. The van der Waals surface area contributed by atoms with Crippen molar-refractivity contribution in [1.29, 1.82) is 0 Å². The molecule has 122 valence electrons. The number of phenols is 2. The summed E-state index contributed by atoms with van der Waals surface area (Å²) in [5.41, 5.74) is 4.06. The van der Waals surface area contributed by atoms with Crippen LogP contribution in [0.1, 0.15) is 17.7 Å². The minimum Gasteiger partial charge on any atom is -0.504 e. The summed E-state index contributed by atoms with van der Waals surface area (Å²) < 4.78 is 5.62. The van der Waals surface area contributed by atoms with Crippen molar-refractivity contribution in [3.63, 3.8) is 0 Å². The average Bonchev–Trinajstić information content (AvgIpc) is 2.84. The van der Waals surface area contributed by atoms with Gasteiger partial charge in [-0.2, -0.15) is 0 Å². The fourth-order valence-corrected chi connectivity index (χ4v) is 3.45. The summed E-state index contributed by atoms with van der Waals surface area (Å²) in [6.07, 6.45) is 3.04. The van der Waals surface area contributed by atoms with E-state index < -0.39 is 0 Å². The van der Waals surface area contributed by atoms with Gasteiger partial charge in [0.05, 0.1) is 24.8 Å². The first-order valence-corrected chi connectivity index (χ1v) is 8.15. The molecular formula is C17H21N3O3. The van der Waals surface area contributed by atoms with Crippen LogP contribution in [0, 0.1) is 0 Å². The van der Waals surface area contributed by atoms with Crippen LogP contribution in [0.25, 0.3) is 10.9 Å². The van der Waals surface area contributed by atoms with E-state index in [2.05, 4.69) is 15.6 Å². The maximum absolute atomic E-state index is 9.90. The van der Waals surface area contributed by atoms with E-state index in [1.807, 2.05) is 0 Å². The third kappa shape index (κ3) is 2.68. The zero-order chi connectivity index (χ0) is 15.8. The lowest BCUT2D eigenvalue weighted by atomic mass is 10.1. The lowest BCUT2D eigenvalue weighted by molar-refractivity contribution is 0.145. The zero-order valence-corrected chi connectivity index (χ0v) is 12.9. The van der Waals surface area contributed by atoms with E-state index in [0.717, 1.165) is 55.7 Å². The van der Waals surface area contributed by atoms with Crippen LogP contribution in [0.2, 0.25) is 0 Å². The first-order chi connectivity index (χ1) is 11.2. The second-order valence-electron chi connectivity index (χ2n) is 6.24. The van der Waals surface area contributed by atoms with Gasteiger partial charge in [0.2, 0.25) is 0 Å². The molecule has 0 amide bonds. The van der Waals surface area contributed by atoms with Crippen molar-refractivity contribution in [2.24, 2.45) is 0 Å². The molecule has 0 radical (unpaired) electrons. The molecule has 4 N–H and O–H groups in total. The number of hydrogen-bond acceptors (Lipinski definition) is 6. The second kappa shape index (κ2) is 5.86. The zero-order valence-electron chi connectivity index (χ0n) is 12.9. The van der Waals surface area contributed by atoms with Crippen LogP contribution < -0.4 is 10.6 Å². The largest absolute Gasteiger partial charge is 0.504 e. The molecule has 1 unspecified atom stereocenters. The molecule has 0 bridgehead atoms. The summed E-state index contributed by atoms with van der Waals surface area (Å²) in [6.45, 7) is 3.07. The maximum atomic E-state index is 9.90. The van der Waals surface area contributed by atoms with Gasteiger partial charge in [0.15, 0.2) is 11.5 Å². The van der Waals surface area contributed by atoms with Gasteiger partial charge in [0.25, 0.3) is 0 Å².